The first-order chi connectivity index (χ1) is 17.7. The van der Waals surface area contributed by atoms with Gasteiger partial charge in [-0.05, 0) is 56.1 Å². The molecule has 4 heterocycles. The Kier molecular flexibility index (Phi) is 6.93. The molecule has 3 aliphatic heterocycles. The number of aromatic nitrogens is 1. The molecule has 3 N–H and O–H groups in total. The van der Waals surface area contributed by atoms with Crippen LogP contribution in [-0.2, 0) is 9.59 Å². The number of carbonyl (C=O) groups excluding carboxylic acids is 4. The maximum absolute atomic E-state index is 13.5. The van der Waals surface area contributed by atoms with Crippen molar-refractivity contribution in [1.29, 1.82) is 0 Å². The smallest absolute Gasteiger partial charge is 0.327 e. The van der Waals surface area contributed by atoms with Gasteiger partial charge in [-0.3, -0.25) is 35.1 Å². The predicted molar refractivity (Wildman–Crippen MR) is 135 cm³/mol. The lowest BCUT2D eigenvalue weighted by Gasteiger charge is -2.47. The molecule has 3 saturated heterocycles. The number of likely N-dealkylation sites (tertiary alicyclic amines) is 1. The number of carbonyl (C=O) groups is 4. The van der Waals surface area contributed by atoms with E-state index in [1.54, 1.807) is 36.5 Å². The average Bonchev–Trinajstić information content (AvgIpc) is 3.45. The first-order valence-corrected chi connectivity index (χ1v) is 13.3. The molecular formula is C26H37N7O4. The minimum absolute atomic E-state index is 0.00895. The summed E-state index contributed by atoms with van der Waals surface area (Å²) in [7, 11) is 1.57. The first-order valence-electron chi connectivity index (χ1n) is 13.3. The Morgan fingerprint density at radius 3 is 2.51 bits per heavy atom. The van der Waals surface area contributed by atoms with Crippen molar-refractivity contribution >= 4 is 23.8 Å². The number of imide groups is 1. The Balaban J connectivity index is 1.29. The average molecular weight is 512 g/mol. The molecule has 3 unspecified atom stereocenters. The number of urea groups is 1. The van der Waals surface area contributed by atoms with Crippen LogP contribution in [0, 0.1) is 11.8 Å². The van der Waals surface area contributed by atoms with Crippen LogP contribution in [0.4, 0.5) is 4.79 Å². The van der Waals surface area contributed by atoms with Gasteiger partial charge in [0, 0.05) is 56.7 Å². The number of piperidine rings is 1. The van der Waals surface area contributed by atoms with E-state index >= 15 is 0 Å². The van der Waals surface area contributed by atoms with Crippen molar-refractivity contribution in [2.75, 3.05) is 26.7 Å². The summed E-state index contributed by atoms with van der Waals surface area (Å²) in [5.74, 6) is -0.329. The summed E-state index contributed by atoms with van der Waals surface area (Å²) >= 11 is 0. The monoisotopic (exact) mass is 511 g/mol. The van der Waals surface area contributed by atoms with Crippen molar-refractivity contribution in [3.63, 3.8) is 0 Å². The zero-order valence-electron chi connectivity index (χ0n) is 21.8. The molecule has 0 aromatic carbocycles. The highest BCUT2D eigenvalue weighted by Crippen LogP contribution is 2.42. The largest absolute Gasteiger partial charge is 0.341 e. The highest BCUT2D eigenvalue weighted by atomic mass is 16.2. The van der Waals surface area contributed by atoms with Gasteiger partial charge in [0.05, 0.1) is 0 Å². The second kappa shape index (κ2) is 10.0. The van der Waals surface area contributed by atoms with Crippen LogP contribution >= 0.6 is 0 Å². The number of hydrogen-bond acceptors (Lipinski definition) is 7. The molecule has 1 aromatic rings. The number of hydrogen-bond donors (Lipinski definition) is 3. The third-order valence-electron chi connectivity index (χ3n) is 8.69. The van der Waals surface area contributed by atoms with Crippen molar-refractivity contribution in [2.24, 2.45) is 11.8 Å². The van der Waals surface area contributed by atoms with Crippen LogP contribution in [0.25, 0.3) is 0 Å². The van der Waals surface area contributed by atoms with Gasteiger partial charge in [0.1, 0.15) is 11.6 Å². The van der Waals surface area contributed by atoms with Gasteiger partial charge in [-0.15, -0.1) is 0 Å². The van der Waals surface area contributed by atoms with E-state index in [0.29, 0.717) is 43.5 Å². The van der Waals surface area contributed by atoms with Crippen molar-refractivity contribution in [3.8, 4) is 0 Å². The minimum Gasteiger partial charge on any atom is -0.341 e. The fraction of sp³-hybridized carbons (Fsp3) is 0.654. The predicted octanol–water partition coefficient (Wildman–Crippen LogP) is 0.736. The maximum Gasteiger partial charge on any atom is 0.327 e. The number of hydrazine groups is 1. The minimum atomic E-state index is -0.910. The Labute approximate surface area is 217 Å². The second-order valence-electron chi connectivity index (χ2n) is 11.2. The van der Waals surface area contributed by atoms with Gasteiger partial charge in [0.25, 0.3) is 11.8 Å². The van der Waals surface area contributed by atoms with Gasteiger partial charge in [0.15, 0.2) is 0 Å². The summed E-state index contributed by atoms with van der Waals surface area (Å²) in [6, 6.07) is 2.73. The zero-order valence-corrected chi connectivity index (χ0v) is 21.8. The van der Waals surface area contributed by atoms with E-state index in [2.05, 4.69) is 21.2 Å². The quantitative estimate of drug-likeness (QED) is 0.498. The number of amides is 5. The molecule has 11 nitrogen and oxygen atoms in total. The van der Waals surface area contributed by atoms with E-state index in [1.165, 1.54) is 4.90 Å². The van der Waals surface area contributed by atoms with Crippen molar-refractivity contribution in [2.45, 2.75) is 69.6 Å². The van der Waals surface area contributed by atoms with Crippen molar-refractivity contribution < 1.29 is 19.2 Å². The van der Waals surface area contributed by atoms with Crippen LogP contribution < -0.4 is 16.2 Å². The lowest BCUT2D eigenvalue weighted by Crippen LogP contribution is -2.62. The summed E-state index contributed by atoms with van der Waals surface area (Å²) in [6.45, 7) is 5.39. The van der Waals surface area contributed by atoms with Gasteiger partial charge in [-0.25, -0.2) is 4.79 Å². The third-order valence-corrected chi connectivity index (χ3v) is 8.69. The number of likely N-dealkylation sites (N-methyl/N-ethyl adjacent to an activating group) is 1. The van der Waals surface area contributed by atoms with Gasteiger partial charge < -0.3 is 15.1 Å². The van der Waals surface area contributed by atoms with Crippen LogP contribution in [0.5, 0.6) is 0 Å². The molecule has 0 radical (unpaired) electrons. The highest BCUT2D eigenvalue weighted by molar-refractivity contribution is 6.07. The molecule has 4 fully saturated rings. The molecule has 11 heteroatoms. The van der Waals surface area contributed by atoms with Crippen LogP contribution in [0.2, 0.25) is 0 Å². The third kappa shape index (κ3) is 4.48. The van der Waals surface area contributed by atoms with Crippen LogP contribution in [0.1, 0.15) is 56.3 Å². The standard InChI is InChI=1S/C26H37N7O4/c1-16(2)21(29-22(34)17-6-10-27-11-7-17)23(35)32-12-8-26(9-13-32)24(36)31(3)25(37)33(26)19-4-5-20-18(14-19)15-28-30-20/h6-7,10-11,16,18-21,28,30H,4-5,8-9,12-15H2,1-3H3,(H,29,34)/t18?,19?,20?,21-/m1/s1. The van der Waals surface area contributed by atoms with E-state index in [4.69, 9.17) is 0 Å². The number of rotatable bonds is 5. The summed E-state index contributed by atoms with van der Waals surface area (Å²) in [6.07, 6.45) is 6.55. The summed E-state index contributed by atoms with van der Waals surface area (Å²) < 4.78 is 0. The van der Waals surface area contributed by atoms with Crippen LogP contribution in [0.3, 0.4) is 0 Å². The van der Waals surface area contributed by atoms with Crippen LogP contribution in [0.15, 0.2) is 24.5 Å². The van der Waals surface area contributed by atoms with Gasteiger partial charge >= 0.3 is 6.03 Å². The Hall–Kier alpha value is -3.05. The van der Waals surface area contributed by atoms with Gasteiger partial charge in [-0.1, -0.05) is 13.8 Å². The molecule has 200 valence electrons. The highest BCUT2D eigenvalue weighted by Gasteiger charge is 2.60. The fourth-order valence-corrected chi connectivity index (χ4v) is 6.55. The first kappa shape index (κ1) is 25.6. The maximum atomic E-state index is 13.5. The topological polar surface area (TPSA) is 127 Å². The van der Waals surface area contributed by atoms with E-state index in [-0.39, 0.29) is 35.7 Å². The zero-order chi connectivity index (χ0) is 26.3. The summed E-state index contributed by atoms with van der Waals surface area (Å²) in [5, 5.41) is 2.89. The fourth-order valence-electron chi connectivity index (χ4n) is 6.55. The summed E-state index contributed by atoms with van der Waals surface area (Å²) in [4.78, 5) is 61.9. The van der Waals surface area contributed by atoms with E-state index in [9.17, 15) is 19.2 Å². The Bertz CT molecular complexity index is 1060. The second-order valence-corrected chi connectivity index (χ2v) is 11.2. The SMILES string of the molecule is CC(C)[C@@H](NC(=O)c1ccncc1)C(=O)N1CCC2(CC1)C(=O)N(C)C(=O)N2C1CCC2NNCC2C1. The Morgan fingerprint density at radius 1 is 1.14 bits per heavy atom. The van der Waals surface area contributed by atoms with Gasteiger partial charge in [-0.2, -0.15) is 0 Å². The molecule has 4 aliphatic rings. The van der Waals surface area contributed by atoms with Crippen molar-refractivity contribution in [3.05, 3.63) is 30.1 Å². The molecule has 1 spiro atoms. The molecule has 1 saturated carbocycles. The van der Waals surface area contributed by atoms with Crippen LogP contribution in [-0.4, -0.2) is 93.8 Å². The number of nitrogens with one attached hydrogen (secondary N) is 3. The molecule has 1 aliphatic carbocycles. The Morgan fingerprint density at radius 2 is 1.84 bits per heavy atom. The normalized spacial score (nSPS) is 28.1. The molecule has 4 atom stereocenters. The number of fused-ring (bicyclic) bond motifs is 1. The molecule has 37 heavy (non-hydrogen) atoms. The number of pyridine rings is 1. The molecular weight excluding hydrogens is 474 g/mol. The lowest BCUT2D eigenvalue weighted by atomic mass is 9.78. The molecule has 1 aromatic heterocycles. The lowest BCUT2D eigenvalue weighted by molar-refractivity contribution is -0.143. The van der Waals surface area contributed by atoms with Gasteiger partial charge in [0.2, 0.25) is 5.91 Å². The number of nitrogens with zero attached hydrogens (tertiary/aromatic N) is 4. The summed E-state index contributed by atoms with van der Waals surface area (Å²) in [5.41, 5.74) is 6.09. The molecule has 0 bridgehead atoms. The van der Waals surface area contributed by atoms with Crippen molar-refractivity contribution in [1.82, 2.24) is 35.9 Å². The molecule has 5 amide bonds. The van der Waals surface area contributed by atoms with E-state index in [0.717, 1.165) is 25.8 Å². The van der Waals surface area contributed by atoms with E-state index in [1.807, 2.05) is 18.7 Å². The van der Waals surface area contributed by atoms with E-state index < -0.39 is 11.6 Å². The molecule has 5 rings (SSSR count).